The monoisotopic (exact) mass is 474 g/mol. The molecule has 1 atom stereocenters. The highest BCUT2D eigenvalue weighted by atomic mass is 35.5. The number of piperidine rings is 1. The van der Waals surface area contributed by atoms with E-state index in [2.05, 4.69) is 15.5 Å². The Bertz CT molecular complexity index is 1210. The molecule has 1 N–H and O–H groups in total. The third-order valence-corrected chi connectivity index (χ3v) is 7.49. The Morgan fingerprint density at radius 3 is 2.78 bits per heavy atom. The molecule has 168 valence electrons. The second-order valence-corrected chi connectivity index (χ2v) is 10.1. The van der Waals surface area contributed by atoms with Crippen molar-refractivity contribution in [3.8, 4) is 11.4 Å². The summed E-state index contributed by atoms with van der Waals surface area (Å²) in [5.74, 6) is -0.0475. The minimum absolute atomic E-state index is 0.0631. The van der Waals surface area contributed by atoms with Crippen molar-refractivity contribution in [3.63, 3.8) is 0 Å². The van der Waals surface area contributed by atoms with Crippen LogP contribution in [0.4, 0.5) is 0 Å². The average molecular weight is 475 g/mol. The number of nitrogens with one attached hydrogen (secondary N) is 1. The minimum atomic E-state index is -3.64. The van der Waals surface area contributed by atoms with Gasteiger partial charge in [0.25, 0.3) is 0 Å². The van der Waals surface area contributed by atoms with Gasteiger partial charge in [0.1, 0.15) is 0 Å². The summed E-state index contributed by atoms with van der Waals surface area (Å²) >= 11 is 5.99. The van der Waals surface area contributed by atoms with Gasteiger partial charge in [0.15, 0.2) is 0 Å². The molecule has 10 heteroatoms. The fourth-order valence-electron chi connectivity index (χ4n) is 3.61. The molecule has 1 aliphatic heterocycles. The quantitative estimate of drug-likeness (QED) is 0.586. The molecule has 1 aliphatic rings. The van der Waals surface area contributed by atoms with Crippen molar-refractivity contribution in [2.75, 3.05) is 13.1 Å². The van der Waals surface area contributed by atoms with Crippen LogP contribution in [0.1, 0.15) is 24.3 Å². The van der Waals surface area contributed by atoms with E-state index in [1.54, 1.807) is 42.5 Å². The summed E-state index contributed by atoms with van der Waals surface area (Å²) in [6.45, 7) is 2.50. The Kier molecular flexibility index (Phi) is 6.59. The Hall–Kier alpha value is -2.75. The van der Waals surface area contributed by atoms with Crippen LogP contribution < -0.4 is 5.32 Å². The number of halogens is 1. The number of amides is 1. The SMILES string of the molecule is Cc1ccc(S(=O)(=O)N2CCC[C@@H](C(=O)NCc3nc(-c4cccc(Cl)c4)no3)C2)cc1. The number of benzene rings is 2. The Morgan fingerprint density at radius 2 is 2.03 bits per heavy atom. The van der Waals surface area contributed by atoms with Crippen molar-refractivity contribution in [3.05, 3.63) is 65.0 Å². The first-order chi connectivity index (χ1) is 15.3. The molecule has 2 heterocycles. The summed E-state index contributed by atoms with van der Waals surface area (Å²) in [7, 11) is -3.64. The summed E-state index contributed by atoms with van der Waals surface area (Å²) in [6.07, 6.45) is 1.23. The van der Waals surface area contributed by atoms with Gasteiger partial charge in [-0.1, -0.05) is 46.6 Å². The van der Waals surface area contributed by atoms with Crippen LogP contribution in [-0.4, -0.2) is 41.9 Å². The molecule has 1 fully saturated rings. The molecule has 2 aromatic carbocycles. The average Bonchev–Trinajstić information content (AvgIpc) is 3.27. The number of sulfonamides is 1. The van der Waals surface area contributed by atoms with E-state index in [9.17, 15) is 13.2 Å². The standard InChI is InChI=1S/C22H23ClN4O4S/c1-15-7-9-19(10-8-15)32(29,30)27-11-3-5-17(14-27)22(28)24-13-20-25-21(26-31-20)16-4-2-6-18(23)12-16/h2,4,6-10,12,17H,3,5,11,13-14H2,1H3,(H,24,28)/t17-/m1/s1. The lowest BCUT2D eigenvalue weighted by Gasteiger charge is -2.31. The second kappa shape index (κ2) is 9.40. The van der Waals surface area contributed by atoms with Crippen LogP contribution >= 0.6 is 11.6 Å². The van der Waals surface area contributed by atoms with Crippen LogP contribution in [0.5, 0.6) is 0 Å². The largest absolute Gasteiger partial charge is 0.347 e. The van der Waals surface area contributed by atoms with E-state index in [1.807, 2.05) is 13.0 Å². The van der Waals surface area contributed by atoms with E-state index in [4.69, 9.17) is 16.1 Å². The van der Waals surface area contributed by atoms with Gasteiger partial charge in [0.2, 0.25) is 27.6 Å². The van der Waals surface area contributed by atoms with Crippen LogP contribution in [-0.2, 0) is 21.4 Å². The van der Waals surface area contributed by atoms with E-state index in [-0.39, 0.29) is 29.8 Å². The first-order valence-electron chi connectivity index (χ1n) is 10.3. The normalized spacial score (nSPS) is 17.2. The molecular formula is C22H23ClN4O4S. The Balaban J connectivity index is 1.37. The minimum Gasteiger partial charge on any atom is -0.347 e. The van der Waals surface area contributed by atoms with Crippen molar-refractivity contribution in [2.45, 2.75) is 31.2 Å². The van der Waals surface area contributed by atoms with Crippen LogP contribution in [0.2, 0.25) is 5.02 Å². The molecule has 0 radical (unpaired) electrons. The number of hydrogen-bond donors (Lipinski definition) is 1. The van der Waals surface area contributed by atoms with Crippen molar-refractivity contribution >= 4 is 27.5 Å². The number of rotatable bonds is 6. The predicted molar refractivity (Wildman–Crippen MR) is 119 cm³/mol. The number of aromatic nitrogens is 2. The van der Waals surface area contributed by atoms with Crippen molar-refractivity contribution < 1.29 is 17.7 Å². The van der Waals surface area contributed by atoms with Crippen LogP contribution in [0.15, 0.2) is 57.9 Å². The van der Waals surface area contributed by atoms with Gasteiger partial charge in [-0.05, 0) is 44.0 Å². The number of carbonyl (C=O) groups is 1. The molecule has 0 spiro atoms. The molecular weight excluding hydrogens is 452 g/mol. The molecule has 0 aliphatic carbocycles. The summed E-state index contributed by atoms with van der Waals surface area (Å²) in [6, 6.07) is 13.8. The lowest BCUT2D eigenvalue weighted by Crippen LogP contribution is -2.45. The highest BCUT2D eigenvalue weighted by molar-refractivity contribution is 7.89. The molecule has 1 saturated heterocycles. The fraction of sp³-hybridized carbons (Fsp3) is 0.318. The molecule has 1 aromatic heterocycles. The van der Waals surface area contributed by atoms with Gasteiger partial charge in [-0.2, -0.15) is 9.29 Å². The van der Waals surface area contributed by atoms with Gasteiger partial charge < -0.3 is 9.84 Å². The molecule has 3 aromatic rings. The van der Waals surface area contributed by atoms with Gasteiger partial charge in [0, 0.05) is 23.7 Å². The molecule has 0 saturated carbocycles. The molecule has 4 rings (SSSR count). The zero-order valence-electron chi connectivity index (χ0n) is 17.5. The van der Waals surface area contributed by atoms with Crippen LogP contribution in [0, 0.1) is 12.8 Å². The maximum absolute atomic E-state index is 13.0. The number of nitrogens with zero attached hydrogens (tertiary/aromatic N) is 3. The number of aryl methyl sites for hydroxylation is 1. The molecule has 0 bridgehead atoms. The molecule has 1 amide bonds. The molecule has 8 nitrogen and oxygen atoms in total. The molecule has 32 heavy (non-hydrogen) atoms. The smallest absolute Gasteiger partial charge is 0.246 e. The van der Waals surface area contributed by atoms with Crippen LogP contribution in [0.25, 0.3) is 11.4 Å². The highest BCUT2D eigenvalue weighted by Gasteiger charge is 2.33. The van der Waals surface area contributed by atoms with E-state index in [0.29, 0.717) is 35.8 Å². The van der Waals surface area contributed by atoms with E-state index >= 15 is 0 Å². The lowest BCUT2D eigenvalue weighted by atomic mass is 9.99. The lowest BCUT2D eigenvalue weighted by molar-refractivity contribution is -0.126. The van der Waals surface area contributed by atoms with Gasteiger partial charge >= 0.3 is 0 Å². The summed E-state index contributed by atoms with van der Waals surface area (Å²) in [4.78, 5) is 17.2. The third kappa shape index (κ3) is 5.01. The maximum atomic E-state index is 13.0. The third-order valence-electron chi connectivity index (χ3n) is 5.38. The zero-order valence-corrected chi connectivity index (χ0v) is 19.1. The summed E-state index contributed by atoms with van der Waals surface area (Å²) in [5.41, 5.74) is 1.70. The van der Waals surface area contributed by atoms with E-state index in [0.717, 1.165) is 5.56 Å². The van der Waals surface area contributed by atoms with E-state index in [1.165, 1.54) is 4.31 Å². The van der Waals surface area contributed by atoms with Gasteiger partial charge in [-0.3, -0.25) is 4.79 Å². The van der Waals surface area contributed by atoms with Gasteiger partial charge in [-0.15, -0.1) is 0 Å². The van der Waals surface area contributed by atoms with Crippen molar-refractivity contribution in [1.29, 1.82) is 0 Å². The zero-order chi connectivity index (χ0) is 22.7. The summed E-state index contributed by atoms with van der Waals surface area (Å²) in [5, 5.41) is 7.26. The fourth-order valence-corrected chi connectivity index (χ4v) is 5.33. The predicted octanol–water partition coefficient (Wildman–Crippen LogP) is 3.42. The Morgan fingerprint density at radius 1 is 1.25 bits per heavy atom. The van der Waals surface area contributed by atoms with Crippen LogP contribution in [0.3, 0.4) is 0 Å². The van der Waals surface area contributed by atoms with Gasteiger partial charge in [-0.25, -0.2) is 8.42 Å². The number of carbonyl (C=O) groups excluding carboxylic acids is 1. The second-order valence-electron chi connectivity index (χ2n) is 7.76. The van der Waals surface area contributed by atoms with Crippen molar-refractivity contribution in [2.24, 2.45) is 5.92 Å². The van der Waals surface area contributed by atoms with E-state index < -0.39 is 15.9 Å². The van der Waals surface area contributed by atoms with Gasteiger partial charge in [0.05, 0.1) is 17.4 Å². The highest BCUT2D eigenvalue weighted by Crippen LogP contribution is 2.24. The number of hydrogen-bond acceptors (Lipinski definition) is 6. The topological polar surface area (TPSA) is 105 Å². The first kappa shape index (κ1) is 22.4. The summed E-state index contributed by atoms with van der Waals surface area (Å²) < 4.78 is 32.5. The first-order valence-corrected chi connectivity index (χ1v) is 12.1. The maximum Gasteiger partial charge on any atom is 0.246 e. The van der Waals surface area contributed by atoms with Crippen molar-refractivity contribution in [1.82, 2.24) is 19.8 Å². The molecule has 0 unspecified atom stereocenters. The Labute approximate surface area is 191 Å².